The quantitative estimate of drug-likeness (QED) is 0.137. The van der Waals surface area contributed by atoms with Gasteiger partial charge in [-0.3, -0.25) is 9.59 Å². The van der Waals surface area contributed by atoms with Crippen molar-refractivity contribution in [2.45, 2.75) is 32.4 Å². The molecule has 6 nitrogen and oxygen atoms in total. The molecule has 0 unspecified atom stereocenters. The van der Waals surface area contributed by atoms with E-state index in [1.165, 1.54) is 6.07 Å². The molecule has 5 aromatic carbocycles. The molecule has 0 saturated heterocycles. The maximum Gasteiger partial charge on any atom is 0.227 e. The van der Waals surface area contributed by atoms with Crippen LogP contribution in [0, 0.1) is 5.82 Å². The number of carbonyl (C=O) groups is 2. The van der Waals surface area contributed by atoms with E-state index >= 15 is 0 Å². The van der Waals surface area contributed by atoms with E-state index in [0.717, 1.165) is 22.3 Å². The highest BCUT2D eigenvalue weighted by Crippen LogP contribution is 2.36. The van der Waals surface area contributed by atoms with Gasteiger partial charge in [0.1, 0.15) is 11.6 Å². The molecule has 2 amide bonds. The molecular formula is C38H35ClFN3O3. The molecule has 0 spiro atoms. The predicted octanol–water partition coefficient (Wildman–Crippen LogP) is 8.07. The van der Waals surface area contributed by atoms with E-state index in [1.54, 1.807) is 41.3 Å². The topological polar surface area (TPSA) is 84.7 Å². The largest absolute Gasteiger partial charge is 0.455 e. The lowest BCUT2D eigenvalue weighted by Crippen LogP contribution is -2.32. The number of amides is 2. The Morgan fingerprint density at radius 3 is 2.28 bits per heavy atom. The lowest BCUT2D eigenvalue weighted by Gasteiger charge is -2.26. The molecule has 0 heterocycles. The summed E-state index contributed by atoms with van der Waals surface area (Å²) in [6, 6.07) is 37.0. The van der Waals surface area contributed by atoms with Crippen LogP contribution >= 0.6 is 11.6 Å². The minimum atomic E-state index is -0.396. The number of anilines is 1. The number of hydrogen-bond donors (Lipinski definition) is 2. The first-order chi connectivity index (χ1) is 22.4. The summed E-state index contributed by atoms with van der Waals surface area (Å²) in [6.07, 6.45) is 0.559. The Balaban J connectivity index is 1.39. The van der Waals surface area contributed by atoms with Crippen LogP contribution in [0.4, 0.5) is 10.1 Å². The van der Waals surface area contributed by atoms with Gasteiger partial charge >= 0.3 is 0 Å². The summed E-state index contributed by atoms with van der Waals surface area (Å²) < 4.78 is 20.3. The number of hydrogen-bond acceptors (Lipinski definition) is 4. The van der Waals surface area contributed by atoms with Gasteiger partial charge in [0.05, 0.1) is 12.2 Å². The minimum Gasteiger partial charge on any atom is -0.455 e. The van der Waals surface area contributed by atoms with Crippen LogP contribution in [0.25, 0.3) is 11.1 Å². The van der Waals surface area contributed by atoms with Crippen molar-refractivity contribution in [3.05, 3.63) is 149 Å². The van der Waals surface area contributed by atoms with Gasteiger partial charge in [-0.15, -0.1) is 0 Å². The molecule has 0 aliphatic rings. The molecule has 0 bridgehead atoms. The third-order valence-electron chi connectivity index (χ3n) is 7.47. The van der Waals surface area contributed by atoms with Crippen molar-refractivity contribution in [2.75, 3.05) is 11.4 Å². The fraction of sp³-hybridized carbons (Fsp3) is 0.158. The molecule has 5 aromatic rings. The smallest absolute Gasteiger partial charge is 0.227 e. The lowest BCUT2D eigenvalue weighted by molar-refractivity contribution is -0.125. The van der Waals surface area contributed by atoms with Gasteiger partial charge in [0.25, 0.3) is 0 Å². The fourth-order valence-electron chi connectivity index (χ4n) is 5.05. The van der Waals surface area contributed by atoms with Crippen molar-refractivity contribution in [1.82, 2.24) is 5.32 Å². The van der Waals surface area contributed by atoms with Crippen LogP contribution in [0.1, 0.15) is 29.5 Å². The van der Waals surface area contributed by atoms with Crippen molar-refractivity contribution in [3.8, 4) is 22.6 Å². The number of halogens is 2. The summed E-state index contributed by atoms with van der Waals surface area (Å²) in [5, 5.41) is 3.16. The Kier molecular flexibility index (Phi) is 11.2. The molecule has 5 rings (SSSR count). The number of ether oxygens (including phenoxy) is 1. The van der Waals surface area contributed by atoms with E-state index < -0.39 is 5.82 Å². The minimum absolute atomic E-state index is 0.0373. The average molecular weight is 636 g/mol. The second-order valence-corrected chi connectivity index (χ2v) is 11.2. The second-order valence-electron chi connectivity index (χ2n) is 10.8. The summed E-state index contributed by atoms with van der Waals surface area (Å²) in [7, 11) is 0. The normalized spacial score (nSPS) is 10.8. The zero-order valence-corrected chi connectivity index (χ0v) is 26.1. The number of nitrogens with two attached hydrogens (primary N) is 1. The Hall–Kier alpha value is -4.98. The van der Waals surface area contributed by atoms with E-state index in [4.69, 9.17) is 22.1 Å². The van der Waals surface area contributed by atoms with Crippen LogP contribution in [0.3, 0.4) is 0 Å². The van der Waals surface area contributed by atoms with Gasteiger partial charge < -0.3 is 20.7 Å². The number of benzene rings is 5. The van der Waals surface area contributed by atoms with E-state index in [9.17, 15) is 14.0 Å². The third-order valence-corrected chi connectivity index (χ3v) is 7.71. The summed E-state index contributed by atoms with van der Waals surface area (Å²) in [5.41, 5.74) is 10.7. The van der Waals surface area contributed by atoms with Gasteiger partial charge in [0.2, 0.25) is 11.8 Å². The van der Waals surface area contributed by atoms with Gasteiger partial charge in [-0.05, 0) is 65.6 Å². The molecule has 0 aromatic heterocycles. The SMILES string of the molecule is NCCc1cccc(Oc2cc(Cl)ccc2N(Cc2ccc(-c3ccccc3)cc2)C(=O)CCC(=O)NCc2ccccc2F)c1. The van der Waals surface area contributed by atoms with Gasteiger partial charge in [-0.1, -0.05) is 96.5 Å². The highest BCUT2D eigenvalue weighted by molar-refractivity contribution is 6.30. The Morgan fingerprint density at radius 2 is 1.52 bits per heavy atom. The van der Waals surface area contributed by atoms with E-state index in [2.05, 4.69) is 5.32 Å². The Bertz CT molecular complexity index is 1780. The molecule has 0 aliphatic carbocycles. The zero-order chi connectivity index (χ0) is 32.3. The van der Waals surface area contributed by atoms with Crippen LogP contribution in [-0.2, 0) is 29.1 Å². The summed E-state index contributed by atoms with van der Waals surface area (Å²) in [4.78, 5) is 28.2. The summed E-state index contributed by atoms with van der Waals surface area (Å²) in [6.45, 7) is 0.774. The maximum absolute atomic E-state index is 14.0. The van der Waals surface area contributed by atoms with E-state index in [0.29, 0.717) is 40.7 Å². The van der Waals surface area contributed by atoms with Crippen LogP contribution in [-0.4, -0.2) is 18.4 Å². The van der Waals surface area contributed by atoms with Gasteiger partial charge in [-0.2, -0.15) is 0 Å². The van der Waals surface area contributed by atoms with Crippen LogP contribution < -0.4 is 20.7 Å². The number of nitrogens with one attached hydrogen (secondary N) is 1. The highest BCUT2D eigenvalue weighted by Gasteiger charge is 2.22. The first-order valence-corrected chi connectivity index (χ1v) is 15.5. The second kappa shape index (κ2) is 15.8. The first kappa shape index (κ1) is 32.4. The van der Waals surface area contributed by atoms with E-state index in [-0.39, 0.29) is 37.7 Å². The first-order valence-electron chi connectivity index (χ1n) is 15.1. The van der Waals surface area contributed by atoms with Crippen LogP contribution in [0.15, 0.2) is 121 Å². The Morgan fingerprint density at radius 1 is 0.783 bits per heavy atom. The van der Waals surface area contributed by atoms with Gasteiger partial charge in [-0.25, -0.2) is 4.39 Å². The maximum atomic E-state index is 14.0. The highest BCUT2D eigenvalue weighted by atomic mass is 35.5. The monoisotopic (exact) mass is 635 g/mol. The molecule has 0 atom stereocenters. The zero-order valence-electron chi connectivity index (χ0n) is 25.3. The number of carbonyl (C=O) groups excluding carboxylic acids is 2. The van der Waals surface area contributed by atoms with Gasteiger partial charge in [0, 0.05) is 36.0 Å². The molecule has 234 valence electrons. The molecule has 0 aliphatic heterocycles. The predicted molar refractivity (Wildman–Crippen MR) is 181 cm³/mol. The van der Waals surface area contributed by atoms with Crippen molar-refractivity contribution < 1.29 is 18.7 Å². The molecule has 0 radical (unpaired) electrons. The van der Waals surface area contributed by atoms with E-state index in [1.807, 2.05) is 78.9 Å². The molecule has 3 N–H and O–H groups in total. The van der Waals surface area contributed by atoms with Crippen molar-refractivity contribution >= 4 is 29.1 Å². The number of rotatable bonds is 13. The summed E-state index contributed by atoms with van der Waals surface area (Å²) in [5.74, 6) is -0.0466. The molecule has 0 saturated carbocycles. The third kappa shape index (κ3) is 8.81. The molecule has 0 fully saturated rings. The van der Waals surface area contributed by atoms with Gasteiger partial charge in [0.15, 0.2) is 5.75 Å². The van der Waals surface area contributed by atoms with Crippen molar-refractivity contribution in [2.24, 2.45) is 5.73 Å². The van der Waals surface area contributed by atoms with Crippen molar-refractivity contribution in [3.63, 3.8) is 0 Å². The molecule has 46 heavy (non-hydrogen) atoms. The Labute approximate surface area is 273 Å². The van der Waals surface area contributed by atoms with Crippen LogP contribution in [0.5, 0.6) is 11.5 Å². The number of nitrogens with zero attached hydrogens (tertiary/aromatic N) is 1. The molecule has 8 heteroatoms. The standard InChI is InChI=1S/C38H35ClFN3O3/c39-32-17-18-35(36(24-32)46-33-11-6-7-27(23-33)21-22-41)43(26-28-13-15-30(16-14-28)29-8-2-1-3-9-29)38(45)20-19-37(44)42-25-31-10-4-5-12-34(31)40/h1-18,23-24H,19-22,25-26,41H2,(H,42,44). The summed E-state index contributed by atoms with van der Waals surface area (Å²) >= 11 is 6.40. The van der Waals surface area contributed by atoms with Crippen molar-refractivity contribution in [1.29, 1.82) is 0 Å². The fourth-order valence-corrected chi connectivity index (χ4v) is 5.22. The molecular weight excluding hydrogens is 601 g/mol. The lowest BCUT2D eigenvalue weighted by atomic mass is 10.0. The van der Waals surface area contributed by atoms with Crippen LogP contribution in [0.2, 0.25) is 5.02 Å². The average Bonchev–Trinajstić information content (AvgIpc) is 3.07.